The van der Waals surface area contributed by atoms with Gasteiger partial charge < -0.3 is 14.5 Å². The molecular formula is C19H21N5. The third-order valence-corrected chi connectivity index (χ3v) is 4.15. The van der Waals surface area contributed by atoms with Crippen LogP contribution >= 0.6 is 0 Å². The van der Waals surface area contributed by atoms with E-state index in [0.29, 0.717) is 5.56 Å². The van der Waals surface area contributed by atoms with Crippen molar-refractivity contribution < 1.29 is 0 Å². The zero-order chi connectivity index (χ0) is 16.8. The minimum absolute atomic E-state index is 0.689. The van der Waals surface area contributed by atoms with E-state index in [9.17, 15) is 0 Å². The quantitative estimate of drug-likeness (QED) is 0.681. The van der Waals surface area contributed by atoms with Gasteiger partial charge in [0.05, 0.1) is 18.0 Å². The van der Waals surface area contributed by atoms with Gasteiger partial charge in [0.15, 0.2) is 0 Å². The van der Waals surface area contributed by atoms with E-state index in [1.54, 1.807) is 0 Å². The molecule has 0 fully saturated rings. The molecule has 0 aliphatic rings. The fourth-order valence-corrected chi connectivity index (χ4v) is 2.69. The number of benzene rings is 1. The van der Waals surface area contributed by atoms with Gasteiger partial charge in [0.25, 0.3) is 0 Å². The molecule has 0 spiro atoms. The Labute approximate surface area is 142 Å². The molecule has 0 saturated carbocycles. The molecule has 24 heavy (non-hydrogen) atoms. The molecule has 1 aromatic carbocycles. The predicted molar refractivity (Wildman–Crippen MR) is 93.3 cm³/mol. The van der Waals surface area contributed by atoms with Crippen LogP contribution in [0.5, 0.6) is 0 Å². The zero-order valence-electron chi connectivity index (χ0n) is 13.8. The van der Waals surface area contributed by atoms with E-state index in [0.717, 1.165) is 26.1 Å². The fraction of sp³-hybridized carbons (Fsp3) is 0.263. The molecule has 2 heterocycles. The maximum Gasteiger partial charge on any atom is 0.0991 e. The predicted octanol–water partition coefficient (Wildman–Crippen LogP) is 2.47. The standard InChI is InChI=1S/C19H21N5/c1-23-10-2-3-18(23)12-21-9-8-19-13-22-15-24(19)14-17-6-4-16(11-20)5-7-17/h2-7,10,13,15,21H,8-9,12,14H2,1H3. The van der Waals surface area contributed by atoms with Crippen LogP contribution in [0.3, 0.4) is 0 Å². The van der Waals surface area contributed by atoms with Gasteiger partial charge in [0.2, 0.25) is 0 Å². The Morgan fingerprint density at radius 2 is 2.00 bits per heavy atom. The van der Waals surface area contributed by atoms with Gasteiger partial charge in [-0.1, -0.05) is 12.1 Å². The summed E-state index contributed by atoms with van der Waals surface area (Å²) in [6.07, 6.45) is 6.78. The Morgan fingerprint density at radius 3 is 2.71 bits per heavy atom. The number of aryl methyl sites for hydroxylation is 1. The van der Waals surface area contributed by atoms with Crippen LogP contribution in [0.2, 0.25) is 0 Å². The molecule has 1 N–H and O–H groups in total. The first-order valence-corrected chi connectivity index (χ1v) is 8.05. The van der Waals surface area contributed by atoms with Gasteiger partial charge in [0.1, 0.15) is 0 Å². The van der Waals surface area contributed by atoms with Gasteiger partial charge >= 0.3 is 0 Å². The van der Waals surface area contributed by atoms with Crippen LogP contribution in [0, 0.1) is 11.3 Å². The molecule has 122 valence electrons. The lowest BCUT2D eigenvalue weighted by Crippen LogP contribution is -2.19. The topological polar surface area (TPSA) is 58.6 Å². The molecule has 5 nitrogen and oxygen atoms in total. The number of hydrogen-bond donors (Lipinski definition) is 1. The lowest BCUT2D eigenvalue weighted by atomic mass is 10.1. The smallest absolute Gasteiger partial charge is 0.0991 e. The van der Waals surface area contributed by atoms with E-state index in [2.05, 4.69) is 50.9 Å². The van der Waals surface area contributed by atoms with Crippen molar-refractivity contribution in [3.05, 3.63) is 77.6 Å². The van der Waals surface area contributed by atoms with Gasteiger partial charge in [-0.25, -0.2) is 4.98 Å². The third kappa shape index (κ3) is 3.92. The molecule has 0 bridgehead atoms. The average molecular weight is 319 g/mol. The largest absolute Gasteiger partial charge is 0.353 e. The Morgan fingerprint density at radius 1 is 1.17 bits per heavy atom. The zero-order valence-corrected chi connectivity index (χ0v) is 13.8. The second-order valence-corrected chi connectivity index (χ2v) is 5.86. The van der Waals surface area contributed by atoms with Gasteiger partial charge in [-0.2, -0.15) is 5.26 Å². The summed E-state index contributed by atoms with van der Waals surface area (Å²) in [4.78, 5) is 4.27. The summed E-state index contributed by atoms with van der Waals surface area (Å²) in [5.41, 5.74) is 4.35. The second-order valence-electron chi connectivity index (χ2n) is 5.86. The van der Waals surface area contributed by atoms with Crippen molar-refractivity contribution in [3.63, 3.8) is 0 Å². The summed E-state index contributed by atoms with van der Waals surface area (Å²) in [5, 5.41) is 12.3. The summed E-state index contributed by atoms with van der Waals surface area (Å²) >= 11 is 0. The van der Waals surface area contributed by atoms with Crippen LogP contribution in [0.1, 0.15) is 22.5 Å². The SMILES string of the molecule is Cn1cccc1CNCCc1cncn1Cc1ccc(C#N)cc1. The minimum atomic E-state index is 0.689. The van der Waals surface area contributed by atoms with E-state index < -0.39 is 0 Å². The van der Waals surface area contributed by atoms with Crippen LogP contribution in [0.4, 0.5) is 0 Å². The Kier molecular flexibility index (Phi) is 5.09. The Balaban J connectivity index is 1.53. The molecule has 0 radical (unpaired) electrons. The highest BCUT2D eigenvalue weighted by Gasteiger charge is 2.04. The molecule has 0 aliphatic carbocycles. The minimum Gasteiger partial charge on any atom is -0.353 e. The summed E-state index contributed by atoms with van der Waals surface area (Å²) < 4.78 is 4.29. The van der Waals surface area contributed by atoms with Gasteiger partial charge in [-0.05, 0) is 29.8 Å². The first-order chi connectivity index (χ1) is 11.8. The molecule has 0 atom stereocenters. The number of aromatic nitrogens is 3. The molecule has 0 saturated heterocycles. The molecule has 2 aromatic heterocycles. The maximum absolute atomic E-state index is 8.86. The van der Waals surface area contributed by atoms with Crippen molar-refractivity contribution in [1.29, 1.82) is 5.26 Å². The monoisotopic (exact) mass is 319 g/mol. The second kappa shape index (κ2) is 7.62. The molecule has 5 heteroatoms. The number of nitrogens with one attached hydrogen (secondary N) is 1. The normalized spacial score (nSPS) is 10.7. The van der Waals surface area contributed by atoms with Crippen molar-refractivity contribution >= 4 is 0 Å². The molecule has 3 aromatic rings. The van der Waals surface area contributed by atoms with Crippen molar-refractivity contribution in [2.24, 2.45) is 7.05 Å². The molecule has 0 amide bonds. The van der Waals surface area contributed by atoms with E-state index in [4.69, 9.17) is 5.26 Å². The third-order valence-electron chi connectivity index (χ3n) is 4.15. The van der Waals surface area contributed by atoms with E-state index in [1.165, 1.54) is 17.0 Å². The number of nitrogens with zero attached hydrogens (tertiary/aromatic N) is 4. The highest BCUT2D eigenvalue weighted by molar-refractivity contribution is 5.31. The van der Waals surface area contributed by atoms with Crippen LogP contribution in [0.15, 0.2) is 55.1 Å². The fourth-order valence-electron chi connectivity index (χ4n) is 2.69. The lowest BCUT2D eigenvalue weighted by Gasteiger charge is -2.10. The summed E-state index contributed by atoms with van der Waals surface area (Å²) in [6.45, 7) is 2.55. The van der Waals surface area contributed by atoms with Gasteiger partial charge in [-0.15, -0.1) is 0 Å². The molecule has 0 aliphatic heterocycles. The highest BCUT2D eigenvalue weighted by Crippen LogP contribution is 2.08. The van der Waals surface area contributed by atoms with Crippen molar-refractivity contribution in [1.82, 2.24) is 19.4 Å². The average Bonchev–Trinajstić information content (AvgIpc) is 3.21. The van der Waals surface area contributed by atoms with Crippen molar-refractivity contribution in [2.45, 2.75) is 19.5 Å². The number of rotatable bonds is 7. The molecule has 3 rings (SSSR count). The van der Waals surface area contributed by atoms with Crippen LogP contribution in [0.25, 0.3) is 0 Å². The molecular weight excluding hydrogens is 298 g/mol. The number of imidazole rings is 1. The maximum atomic E-state index is 8.86. The Bertz CT molecular complexity index is 820. The summed E-state index contributed by atoms with van der Waals surface area (Å²) in [5.74, 6) is 0. The van der Waals surface area contributed by atoms with E-state index >= 15 is 0 Å². The van der Waals surface area contributed by atoms with Crippen LogP contribution in [-0.2, 0) is 26.6 Å². The van der Waals surface area contributed by atoms with Crippen LogP contribution < -0.4 is 5.32 Å². The van der Waals surface area contributed by atoms with Crippen molar-refractivity contribution in [3.8, 4) is 6.07 Å². The van der Waals surface area contributed by atoms with Crippen molar-refractivity contribution in [2.75, 3.05) is 6.54 Å². The van der Waals surface area contributed by atoms with Gasteiger partial charge in [0, 0.05) is 56.9 Å². The van der Waals surface area contributed by atoms with Gasteiger partial charge in [-0.3, -0.25) is 0 Å². The highest BCUT2D eigenvalue weighted by atomic mass is 15.0. The van der Waals surface area contributed by atoms with E-state index in [-0.39, 0.29) is 0 Å². The first kappa shape index (κ1) is 16.0. The van der Waals surface area contributed by atoms with E-state index in [1.807, 2.05) is 36.8 Å². The number of nitriles is 1. The molecule has 0 unspecified atom stereocenters. The Hall–Kier alpha value is -2.84. The first-order valence-electron chi connectivity index (χ1n) is 8.05. The lowest BCUT2D eigenvalue weighted by molar-refractivity contribution is 0.631. The summed E-state index contributed by atoms with van der Waals surface area (Å²) in [7, 11) is 2.06. The van der Waals surface area contributed by atoms with Crippen LogP contribution in [-0.4, -0.2) is 20.7 Å². The summed E-state index contributed by atoms with van der Waals surface area (Å²) in [6, 6.07) is 14.0. The number of hydrogen-bond acceptors (Lipinski definition) is 3.